The summed E-state index contributed by atoms with van der Waals surface area (Å²) < 4.78 is 18.2. The first-order valence-electron chi connectivity index (χ1n) is 3.99. The molecule has 0 bridgehead atoms. The van der Waals surface area contributed by atoms with Crippen molar-refractivity contribution in [2.75, 3.05) is 7.11 Å². The molecule has 1 aromatic carbocycles. The molecule has 0 heterocycles. The van der Waals surface area contributed by atoms with Crippen molar-refractivity contribution in [3.8, 4) is 18.1 Å². The summed E-state index contributed by atoms with van der Waals surface area (Å²) in [5.74, 6) is 2.13. The summed E-state index contributed by atoms with van der Waals surface area (Å²) in [5.41, 5.74) is 0.806. The molecule has 0 aliphatic carbocycles. The molecule has 0 saturated carbocycles. The van der Waals surface area contributed by atoms with Crippen molar-refractivity contribution in [3.05, 3.63) is 29.1 Å². The Morgan fingerprint density at radius 1 is 1.57 bits per heavy atom. The van der Waals surface area contributed by atoms with Crippen LogP contribution in [0.15, 0.2) is 12.1 Å². The number of rotatable bonds is 2. The van der Waals surface area contributed by atoms with Gasteiger partial charge in [0.15, 0.2) is 0 Å². The van der Waals surface area contributed by atoms with E-state index in [1.54, 1.807) is 6.92 Å². The lowest BCUT2D eigenvalue weighted by Gasteiger charge is -2.08. The number of hydrogen-bond donors (Lipinski definition) is 1. The maximum absolute atomic E-state index is 13.2. The highest BCUT2D eigenvalue weighted by molar-refractivity contribution is 5.99. The van der Waals surface area contributed by atoms with Gasteiger partial charge in [0.1, 0.15) is 11.6 Å². The summed E-state index contributed by atoms with van der Waals surface area (Å²) in [6.45, 7) is 1.56. The predicted molar refractivity (Wildman–Crippen MR) is 53.4 cm³/mol. The van der Waals surface area contributed by atoms with Crippen LogP contribution >= 0.6 is 0 Å². The van der Waals surface area contributed by atoms with Crippen LogP contribution in [0.1, 0.15) is 18.1 Å². The molecule has 1 aromatic rings. The number of nitrogens with one attached hydrogen (secondary N) is 1. The molecule has 1 N–H and O–H groups in total. The Labute approximate surface area is 82.2 Å². The van der Waals surface area contributed by atoms with E-state index in [1.807, 2.05) is 0 Å². The lowest BCUT2D eigenvalue weighted by atomic mass is 10.1. The maximum Gasteiger partial charge on any atom is 0.139 e. The van der Waals surface area contributed by atoms with Gasteiger partial charge in [-0.3, -0.25) is 0 Å². The predicted octanol–water partition coefficient (Wildman–Crippen LogP) is 2.20. The van der Waals surface area contributed by atoms with Gasteiger partial charge in [-0.1, -0.05) is 5.92 Å². The van der Waals surface area contributed by atoms with Crippen LogP contribution in [-0.4, -0.2) is 12.8 Å². The number of ether oxygens (including phenoxy) is 1. The van der Waals surface area contributed by atoms with E-state index in [9.17, 15) is 4.39 Å². The molecule has 0 fully saturated rings. The third-order valence-corrected chi connectivity index (χ3v) is 1.85. The number of methoxy groups -OCH3 is 1. The van der Waals surface area contributed by atoms with Gasteiger partial charge in [-0.15, -0.1) is 6.42 Å². The van der Waals surface area contributed by atoms with E-state index < -0.39 is 5.82 Å². The van der Waals surface area contributed by atoms with Crippen LogP contribution in [0.25, 0.3) is 0 Å². The van der Waals surface area contributed by atoms with E-state index in [2.05, 4.69) is 5.92 Å². The van der Waals surface area contributed by atoms with E-state index in [1.165, 1.54) is 19.2 Å². The van der Waals surface area contributed by atoms with E-state index in [-0.39, 0.29) is 11.3 Å². The summed E-state index contributed by atoms with van der Waals surface area (Å²) in [6.07, 6.45) is 5.10. The Balaban J connectivity index is 3.41. The fourth-order valence-electron chi connectivity index (χ4n) is 1.13. The highest BCUT2D eigenvalue weighted by Gasteiger charge is 2.10. The average Bonchev–Trinajstić information content (AvgIpc) is 2.17. The van der Waals surface area contributed by atoms with Gasteiger partial charge in [-0.25, -0.2) is 4.39 Å². The largest absolute Gasteiger partial charge is 0.496 e. The third kappa shape index (κ3) is 1.74. The van der Waals surface area contributed by atoms with Crippen molar-refractivity contribution in [2.24, 2.45) is 0 Å². The van der Waals surface area contributed by atoms with Crippen LogP contribution in [0, 0.1) is 23.6 Å². The van der Waals surface area contributed by atoms with E-state index >= 15 is 0 Å². The highest BCUT2D eigenvalue weighted by Crippen LogP contribution is 2.22. The smallest absolute Gasteiger partial charge is 0.139 e. The Bertz CT molecular complexity index is 418. The van der Waals surface area contributed by atoms with Crippen LogP contribution < -0.4 is 4.74 Å². The average molecular weight is 191 g/mol. The molecule has 0 saturated heterocycles. The summed E-state index contributed by atoms with van der Waals surface area (Å²) >= 11 is 0. The minimum atomic E-state index is -0.505. The molecule has 14 heavy (non-hydrogen) atoms. The fourth-order valence-corrected chi connectivity index (χ4v) is 1.13. The van der Waals surface area contributed by atoms with E-state index in [4.69, 9.17) is 16.6 Å². The fraction of sp³-hybridized carbons (Fsp3) is 0.182. The summed E-state index contributed by atoms with van der Waals surface area (Å²) in [4.78, 5) is 0. The highest BCUT2D eigenvalue weighted by atomic mass is 19.1. The molecule has 2 nitrogen and oxygen atoms in total. The molecule has 0 unspecified atom stereocenters. The molecule has 0 atom stereocenters. The van der Waals surface area contributed by atoms with Crippen molar-refractivity contribution < 1.29 is 9.13 Å². The summed E-state index contributed by atoms with van der Waals surface area (Å²) in [6, 6.07) is 2.64. The molecule has 0 aromatic heterocycles. The van der Waals surface area contributed by atoms with E-state index in [0.717, 1.165) is 0 Å². The van der Waals surface area contributed by atoms with Gasteiger partial charge in [-0.2, -0.15) is 0 Å². The second-order valence-electron chi connectivity index (χ2n) is 2.80. The second kappa shape index (κ2) is 3.93. The Kier molecular flexibility index (Phi) is 2.88. The van der Waals surface area contributed by atoms with Gasteiger partial charge < -0.3 is 10.1 Å². The normalized spacial score (nSPS) is 9.29. The topological polar surface area (TPSA) is 33.1 Å². The molecular weight excluding hydrogens is 181 g/mol. The molecule has 1 rings (SSSR count). The first-order chi connectivity index (χ1) is 6.60. The van der Waals surface area contributed by atoms with Gasteiger partial charge in [0.25, 0.3) is 0 Å². The van der Waals surface area contributed by atoms with Crippen molar-refractivity contribution in [1.29, 1.82) is 5.41 Å². The van der Waals surface area contributed by atoms with Crippen LogP contribution in [-0.2, 0) is 0 Å². The Morgan fingerprint density at radius 3 is 2.64 bits per heavy atom. The third-order valence-electron chi connectivity index (χ3n) is 1.85. The molecule has 0 aliphatic rings. The van der Waals surface area contributed by atoms with Crippen LogP contribution in [0.5, 0.6) is 5.75 Å². The molecule has 72 valence electrons. The SMILES string of the molecule is C#Cc1cc(OC)c(C(C)=N)cc1F. The lowest BCUT2D eigenvalue weighted by molar-refractivity contribution is 0.412. The quantitative estimate of drug-likeness (QED) is 0.564. The van der Waals surface area contributed by atoms with Crippen LogP contribution in [0.2, 0.25) is 0 Å². The van der Waals surface area contributed by atoms with Crippen LogP contribution in [0.3, 0.4) is 0 Å². The number of terminal acetylenes is 1. The number of hydrogen-bond acceptors (Lipinski definition) is 2. The Hall–Kier alpha value is -1.82. The molecule has 0 aliphatic heterocycles. The van der Waals surface area contributed by atoms with Crippen LogP contribution in [0.4, 0.5) is 4.39 Å². The minimum Gasteiger partial charge on any atom is -0.496 e. The lowest BCUT2D eigenvalue weighted by Crippen LogP contribution is -2.00. The van der Waals surface area contributed by atoms with Gasteiger partial charge in [-0.05, 0) is 19.1 Å². The van der Waals surface area contributed by atoms with Gasteiger partial charge in [0, 0.05) is 11.3 Å². The number of benzene rings is 1. The molecule has 0 amide bonds. The first-order valence-corrected chi connectivity index (χ1v) is 3.99. The van der Waals surface area contributed by atoms with Crippen molar-refractivity contribution in [1.82, 2.24) is 0 Å². The maximum atomic E-state index is 13.2. The zero-order valence-electron chi connectivity index (χ0n) is 8.02. The standard InChI is InChI=1S/C11H10FNO/c1-4-8-5-11(14-3)9(7(2)13)6-10(8)12/h1,5-6,13H,2-3H3. The van der Waals surface area contributed by atoms with Crippen molar-refractivity contribution in [2.45, 2.75) is 6.92 Å². The zero-order chi connectivity index (χ0) is 10.7. The van der Waals surface area contributed by atoms with Crippen molar-refractivity contribution >= 4 is 5.71 Å². The molecular formula is C11H10FNO. The second-order valence-corrected chi connectivity index (χ2v) is 2.80. The molecule has 0 radical (unpaired) electrons. The zero-order valence-corrected chi connectivity index (χ0v) is 8.02. The van der Waals surface area contributed by atoms with Gasteiger partial charge >= 0.3 is 0 Å². The van der Waals surface area contributed by atoms with Gasteiger partial charge in [0.2, 0.25) is 0 Å². The monoisotopic (exact) mass is 191 g/mol. The minimum absolute atomic E-state index is 0.145. The summed E-state index contributed by atoms with van der Waals surface area (Å²) in [5, 5.41) is 7.41. The summed E-state index contributed by atoms with van der Waals surface area (Å²) in [7, 11) is 1.46. The van der Waals surface area contributed by atoms with Gasteiger partial charge in [0.05, 0.1) is 12.7 Å². The first kappa shape index (κ1) is 10.3. The van der Waals surface area contributed by atoms with Crippen molar-refractivity contribution in [3.63, 3.8) is 0 Å². The molecule has 3 heteroatoms. The van der Waals surface area contributed by atoms with E-state index in [0.29, 0.717) is 11.3 Å². The molecule has 0 spiro atoms. The Morgan fingerprint density at radius 2 is 2.21 bits per heavy atom. The number of halogens is 1.